The maximum atomic E-state index is 12.8. The number of sulfone groups is 1. The highest BCUT2D eigenvalue weighted by molar-refractivity contribution is 7.91. The van der Waals surface area contributed by atoms with Gasteiger partial charge in [-0.15, -0.1) is 13.2 Å². The van der Waals surface area contributed by atoms with Gasteiger partial charge in [0.1, 0.15) is 5.75 Å². The zero-order chi connectivity index (χ0) is 26.7. The molecule has 3 rings (SSSR count). The standard InChI is InChI=1S/C24H20Cl2F3NO5S/c1-2-36(33,34)16-9-7-14(8-10-16)18(13-31)23(32)30-15-11-19(25)22(20(26)12-15)17-5-3-4-6-21(17)35-24(27,28)29/h3-12,18,31H,2,13H2,1H3,(H,30,32)/t18-/m1/s1. The molecule has 0 unspecified atom stereocenters. The van der Waals surface area contributed by atoms with E-state index in [4.69, 9.17) is 23.2 Å². The topological polar surface area (TPSA) is 92.7 Å². The number of hydrogen-bond acceptors (Lipinski definition) is 5. The Bertz CT molecular complexity index is 1340. The van der Waals surface area contributed by atoms with Gasteiger partial charge in [0.25, 0.3) is 0 Å². The van der Waals surface area contributed by atoms with Crippen molar-refractivity contribution in [3.8, 4) is 16.9 Å². The highest BCUT2D eigenvalue weighted by atomic mass is 35.5. The second-order valence-electron chi connectivity index (χ2n) is 7.56. The molecule has 3 aromatic rings. The van der Waals surface area contributed by atoms with Crippen LogP contribution in [0.5, 0.6) is 5.75 Å². The molecule has 0 aliphatic heterocycles. The summed E-state index contributed by atoms with van der Waals surface area (Å²) in [4.78, 5) is 12.9. The predicted molar refractivity (Wildman–Crippen MR) is 131 cm³/mol. The van der Waals surface area contributed by atoms with Crippen molar-refractivity contribution >= 4 is 44.6 Å². The lowest BCUT2D eigenvalue weighted by Crippen LogP contribution is -2.24. The number of amides is 1. The van der Waals surface area contributed by atoms with E-state index in [0.717, 1.165) is 6.07 Å². The molecule has 6 nitrogen and oxygen atoms in total. The maximum Gasteiger partial charge on any atom is 0.573 e. The number of carbonyl (C=O) groups excluding carboxylic acids is 1. The largest absolute Gasteiger partial charge is 0.573 e. The Labute approximate surface area is 215 Å². The van der Waals surface area contributed by atoms with Gasteiger partial charge in [-0.2, -0.15) is 0 Å². The summed E-state index contributed by atoms with van der Waals surface area (Å²) >= 11 is 12.6. The number of hydrogen-bond donors (Lipinski definition) is 2. The van der Waals surface area contributed by atoms with E-state index in [2.05, 4.69) is 10.1 Å². The minimum Gasteiger partial charge on any atom is -0.405 e. The second-order valence-corrected chi connectivity index (χ2v) is 10.6. The van der Waals surface area contributed by atoms with Gasteiger partial charge < -0.3 is 15.2 Å². The molecule has 0 heterocycles. The third-order valence-corrected chi connectivity index (χ3v) is 7.56. The van der Waals surface area contributed by atoms with Gasteiger partial charge in [-0.3, -0.25) is 4.79 Å². The zero-order valence-electron chi connectivity index (χ0n) is 18.6. The van der Waals surface area contributed by atoms with E-state index in [1.165, 1.54) is 61.5 Å². The quantitative estimate of drug-likeness (QED) is 0.348. The molecule has 0 spiro atoms. The van der Waals surface area contributed by atoms with Crippen LogP contribution in [0.25, 0.3) is 11.1 Å². The van der Waals surface area contributed by atoms with Crippen LogP contribution in [0.2, 0.25) is 10.0 Å². The molecule has 0 aliphatic carbocycles. The van der Waals surface area contributed by atoms with Crippen LogP contribution >= 0.6 is 23.2 Å². The van der Waals surface area contributed by atoms with E-state index in [0.29, 0.717) is 5.56 Å². The van der Waals surface area contributed by atoms with Gasteiger partial charge in [0, 0.05) is 16.8 Å². The van der Waals surface area contributed by atoms with Crippen LogP contribution in [0, 0.1) is 0 Å². The Morgan fingerprint density at radius 2 is 1.64 bits per heavy atom. The summed E-state index contributed by atoms with van der Waals surface area (Å²) in [6, 6.07) is 13.5. The minimum atomic E-state index is -4.93. The Morgan fingerprint density at radius 1 is 1.06 bits per heavy atom. The minimum absolute atomic E-state index is 0.00180. The molecule has 0 saturated carbocycles. The van der Waals surface area contributed by atoms with Crippen LogP contribution in [0.4, 0.5) is 18.9 Å². The van der Waals surface area contributed by atoms with E-state index in [1.807, 2.05) is 0 Å². The van der Waals surface area contributed by atoms with Crippen molar-refractivity contribution in [3.05, 3.63) is 76.3 Å². The third-order valence-electron chi connectivity index (χ3n) is 5.21. The first kappa shape index (κ1) is 27.8. The Morgan fingerprint density at radius 3 is 2.17 bits per heavy atom. The molecule has 1 amide bonds. The van der Waals surface area contributed by atoms with Gasteiger partial charge in [-0.1, -0.05) is 60.5 Å². The number of para-hydroxylation sites is 1. The van der Waals surface area contributed by atoms with Gasteiger partial charge in [-0.25, -0.2) is 8.42 Å². The van der Waals surface area contributed by atoms with Gasteiger partial charge in [0.05, 0.1) is 33.2 Å². The van der Waals surface area contributed by atoms with Crippen molar-refractivity contribution in [2.24, 2.45) is 0 Å². The molecule has 0 aromatic heterocycles. The average molecular weight is 562 g/mol. The van der Waals surface area contributed by atoms with Crippen molar-refractivity contribution in [2.45, 2.75) is 24.1 Å². The molecule has 2 N–H and O–H groups in total. The highest BCUT2D eigenvalue weighted by Gasteiger charge is 2.32. The number of halogens is 5. The number of ether oxygens (including phenoxy) is 1. The van der Waals surface area contributed by atoms with E-state index in [-0.39, 0.29) is 37.5 Å². The molecular formula is C24H20Cl2F3NO5S. The zero-order valence-corrected chi connectivity index (χ0v) is 21.0. The first-order valence-corrected chi connectivity index (χ1v) is 12.9. The van der Waals surface area contributed by atoms with Crippen LogP contribution < -0.4 is 10.1 Å². The van der Waals surface area contributed by atoms with Crippen molar-refractivity contribution in [1.29, 1.82) is 0 Å². The van der Waals surface area contributed by atoms with Crippen LogP contribution in [0.1, 0.15) is 18.4 Å². The summed E-state index contributed by atoms with van der Waals surface area (Å²) < 4.78 is 66.5. The number of anilines is 1. The number of rotatable bonds is 8. The molecule has 0 fully saturated rings. The Kier molecular flexibility index (Phi) is 8.55. The van der Waals surface area contributed by atoms with Gasteiger partial charge in [0.15, 0.2) is 9.84 Å². The molecule has 0 aliphatic rings. The summed E-state index contributed by atoms with van der Waals surface area (Å²) in [5, 5.41) is 12.3. The molecule has 0 radical (unpaired) electrons. The van der Waals surface area contributed by atoms with E-state index in [9.17, 15) is 31.5 Å². The molecule has 0 saturated heterocycles. The number of alkyl halides is 3. The van der Waals surface area contributed by atoms with E-state index in [1.54, 1.807) is 0 Å². The summed E-state index contributed by atoms with van der Waals surface area (Å²) in [5.41, 5.74) is 0.578. The second kappa shape index (κ2) is 11.1. The van der Waals surface area contributed by atoms with Crippen molar-refractivity contribution < 1.29 is 36.2 Å². The lowest BCUT2D eigenvalue weighted by atomic mass is 9.99. The molecule has 192 valence electrons. The fraction of sp³-hybridized carbons (Fsp3) is 0.208. The lowest BCUT2D eigenvalue weighted by molar-refractivity contribution is -0.274. The smallest absolute Gasteiger partial charge is 0.405 e. The Balaban J connectivity index is 1.87. The predicted octanol–water partition coefficient (Wildman–Crippen LogP) is 6.07. The molecular weight excluding hydrogens is 542 g/mol. The number of aliphatic hydroxyl groups is 1. The highest BCUT2D eigenvalue weighted by Crippen LogP contribution is 2.42. The molecule has 12 heteroatoms. The van der Waals surface area contributed by atoms with Crippen LogP contribution in [0.3, 0.4) is 0 Å². The van der Waals surface area contributed by atoms with E-state index >= 15 is 0 Å². The fourth-order valence-corrected chi connectivity index (χ4v) is 5.01. The van der Waals surface area contributed by atoms with Crippen LogP contribution in [-0.2, 0) is 14.6 Å². The molecule has 36 heavy (non-hydrogen) atoms. The van der Waals surface area contributed by atoms with Gasteiger partial charge >= 0.3 is 6.36 Å². The molecule has 0 bridgehead atoms. The maximum absolute atomic E-state index is 12.8. The summed E-state index contributed by atoms with van der Waals surface area (Å²) in [6.45, 7) is 0.935. The van der Waals surface area contributed by atoms with Crippen LogP contribution in [0.15, 0.2) is 65.6 Å². The van der Waals surface area contributed by atoms with Crippen molar-refractivity contribution in [2.75, 3.05) is 17.7 Å². The molecule has 3 aromatic carbocycles. The number of benzene rings is 3. The number of carbonyl (C=O) groups is 1. The van der Waals surface area contributed by atoms with Crippen molar-refractivity contribution in [3.63, 3.8) is 0 Å². The average Bonchev–Trinajstić information content (AvgIpc) is 2.79. The monoisotopic (exact) mass is 561 g/mol. The van der Waals surface area contributed by atoms with Crippen molar-refractivity contribution in [1.82, 2.24) is 0 Å². The number of aliphatic hydroxyl groups excluding tert-OH is 1. The van der Waals surface area contributed by atoms with E-state index < -0.39 is 40.4 Å². The van der Waals surface area contributed by atoms with Gasteiger partial charge in [0.2, 0.25) is 5.91 Å². The summed E-state index contributed by atoms with van der Waals surface area (Å²) in [6.07, 6.45) is -4.93. The first-order valence-electron chi connectivity index (χ1n) is 10.4. The lowest BCUT2D eigenvalue weighted by Gasteiger charge is -2.18. The van der Waals surface area contributed by atoms with Crippen LogP contribution in [-0.4, -0.2) is 38.2 Å². The number of nitrogens with one attached hydrogen (secondary N) is 1. The fourth-order valence-electron chi connectivity index (χ4n) is 3.43. The summed E-state index contributed by atoms with van der Waals surface area (Å²) in [5.74, 6) is -2.26. The Hall–Kier alpha value is -2.79. The van der Waals surface area contributed by atoms with Gasteiger partial charge in [-0.05, 0) is 35.9 Å². The normalized spacial score (nSPS) is 12.8. The molecule has 1 atom stereocenters. The summed E-state index contributed by atoms with van der Waals surface area (Å²) in [7, 11) is -3.43. The first-order chi connectivity index (χ1) is 16.9. The third kappa shape index (κ3) is 6.50. The SMILES string of the molecule is CCS(=O)(=O)c1ccc([C@@H](CO)C(=O)Nc2cc(Cl)c(-c3ccccc3OC(F)(F)F)c(Cl)c2)cc1.